The molecular formula is C23H32O4. The number of aromatic hydroxyl groups is 2. The third kappa shape index (κ3) is 5.98. The maximum absolute atomic E-state index is 10.7. The van der Waals surface area contributed by atoms with E-state index < -0.39 is 0 Å². The summed E-state index contributed by atoms with van der Waals surface area (Å²) in [6, 6.07) is 11.0. The van der Waals surface area contributed by atoms with E-state index in [1.54, 1.807) is 12.1 Å². The molecule has 0 atom stereocenters. The molecule has 2 rings (SSSR count). The molecule has 0 unspecified atom stereocenters. The summed E-state index contributed by atoms with van der Waals surface area (Å²) in [7, 11) is 0. The summed E-state index contributed by atoms with van der Waals surface area (Å²) in [5.74, 6) is 0.625. The molecule has 27 heavy (non-hydrogen) atoms. The lowest BCUT2D eigenvalue weighted by Crippen LogP contribution is -2.18. The molecule has 0 aliphatic carbocycles. The van der Waals surface area contributed by atoms with E-state index in [9.17, 15) is 10.2 Å². The molecule has 0 spiro atoms. The quantitative estimate of drug-likeness (QED) is 0.406. The monoisotopic (exact) mass is 372 g/mol. The minimum Gasteiger partial charge on any atom is -0.508 e. The molecule has 0 saturated heterocycles. The Kier molecular flexibility index (Phi) is 6.55. The summed E-state index contributed by atoms with van der Waals surface area (Å²) in [5.41, 5.74) is 3.55. The van der Waals surface area contributed by atoms with Crippen LogP contribution in [0.15, 0.2) is 36.4 Å². The molecule has 0 aliphatic heterocycles. The lowest BCUT2D eigenvalue weighted by atomic mass is 9.78. The minimum atomic E-state index is -0.167. The number of phenolic OH excluding ortho intramolecular Hbond substituents is 2. The standard InChI is InChI=1S/C23H32O4/c1-22(2,3)19-13-17(14-20(21(19)25)23(4,5)6)15-27-26-12-11-16-7-9-18(24)10-8-16/h7-10,13-14,24-25H,11-12,15H2,1-6H3. The molecule has 0 radical (unpaired) electrons. The first-order valence-corrected chi connectivity index (χ1v) is 9.37. The van der Waals surface area contributed by atoms with Crippen LogP contribution in [0.4, 0.5) is 0 Å². The van der Waals surface area contributed by atoms with Gasteiger partial charge in [0.1, 0.15) is 18.1 Å². The molecule has 0 heterocycles. The van der Waals surface area contributed by atoms with E-state index in [2.05, 4.69) is 41.5 Å². The van der Waals surface area contributed by atoms with Crippen molar-refractivity contribution < 1.29 is 20.0 Å². The van der Waals surface area contributed by atoms with Crippen LogP contribution in [0.5, 0.6) is 11.5 Å². The van der Waals surface area contributed by atoms with Crippen LogP contribution < -0.4 is 0 Å². The fourth-order valence-electron chi connectivity index (χ4n) is 2.91. The summed E-state index contributed by atoms with van der Waals surface area (Å²) < 4.78 is 0. The van der Waals surface area contributed by atoms with Gasteiger partial charge in [-0.1, -0.05) is 53.7 Å². The first-order valence-electron chi connectivity index (χ1n) is 9.37. The second-order valence-corrected chi connectivity index (χ2v) is 9.04. The van der Waals surface area contributed by atoms with Gasteiger partial charge in [-0.2, -0.15) is 0 Å². The summed E-state index contributed by atoms with van der Waals surface area (Å²) in [6.45, 7) is 13.3. The summed E-state index contributed by atoms with van der Waals surface area (Å²) in [6.07, 6.45) is 0.705. The van der Waals surface area contributed by atoms with Crippen molar-refractivity contribution in [2.24, 2.45) is 0 Å². The van der Waals surface area contributed by atoms with Crippen LogP contribution in [-0.2, 0) is 33.6 Å². The molecule has 4 nitrogen and oxygen atoms in total. The predicted octanol–water partition coefficient (Wildman–Crippen LogP) is 5.38. The molecular weight excluding hydrogens is 340 g/mol. The highest BCUT2D eigenvalue weighted by molar-refractivity contribution is 5.49. The van der Waals surface area contributed by atoms with Gasteiger partial charge in [0.05, 0.1) is 6.61 Å². The van der Waals surface area contributed by atoms with E-state index in [1.165, 1.54) is 0 Å². The van der Waals surface area contributed by atoms with Crippen molar-refractivity contribution >= 4 is 0 Å². The van der Waals surface area contributed by atoms with Gasteiger partial charge in [-0.25, -0.2) is 9.78 Å². The molecule has 2 aromatic carbocycles. The molecule has 148 valence electrons. The first-order chi connectivity index (χ1) is 12.5. The average Bonchev–Trinajstić information content (AvgIpc) is 2.55. The Bertz CT molecular complexity index is 714. The smallest absolute Gasteiger partial charge is 0.123 e. The first kappa shape index (κ1) is 21.3. The lowest BCUT2D eigenvalue weighted by molar-refractivity contribution is -0.303. The second kappa shape index (κ2) is 8.32. The van der Waals surface area contributed by atoms with Crippen molar-refractivity contribution in [1.82, 2.24) is 0 Å². The third-order valence-corrected chi connectivity index (χ3v) is 4.51. The highest BCUT2D eigenvalue weighted by Gasteiger charge is 2.26. The Morgan fingerprint density at radius 2 is 1.26 bits per heavy atom. The van der Waals surface area contributed by atoms with Crippen LogP contribution in [0.3, 0.4) is 0 Å². The number of hydrogen-bond acceptors (Lipinski definition) is 4. The van der Waals surface area contributed by atoms with Gasteiger partial charge in [0, 0.05) is 0 Å². The maximum Gasteiger partial charge on any atom is 0.123 e. The van der Waals surface area contributed by atoms with Crippen LogP contribution in [-0.4, -0.2) is 16.8 Å². The third-order valence-electron chi connectivity index (χ3n) is 4.51. The molecule has 0 bridgehead atoms. The Balaban J connectivity index is 2.02. The number of rotatable bonds is 6. The van der Waals surface area contributed by atoms with Crippen molar-refractivity contribution in [3.8, 4) is 11.5 Å². The SMILES string of the molecule is CC(C)(C)c1cc(COOCCc2ccc(O)cc2)cc(C(C)(C)C)c1O. The zero-order valence-corrected chi connectivity index (χ0v) is 17.3. The summed E-state index contributed by atoms with van der Waals surface area (Å²) in [4.78, 5) is 10.7. The Hall–Kier alpha value is -2.04. The topological polar surface area (TPSA) is 58.9 Å². The van der Waals surface area contributed by atoms with Crippen molar-refractivity contribution in [1.29, 1.82) is 0 Å². The van der Waals surface area contributed by atoms with E-state index in [0.717, 1.165) is 22.3 Å². The van der Waals surface area contributed by atoms with Crippen molar-refractivity contribution in [3.05, 3.63) is 58.7 Å². The number of benzene rings is 2. The van der Waals surface area contributed by atoms with Gasteiger partial charge in [-0.05, 0) is 63.8 Å². The van der Waals surface area contributed by atoms with E-state index >= 15 is 0 Å². The van der Waals surface area contributed by atoms with Gasteiger partial charge in [0.15, 0.2) is 0 Å². The van der Waals surface area contributed by atoms with Crippen LogP contribution in [0.1, 0.15) is 63.8 Å². The van der Waals surface area contributed by atoms with Crippen LogP contribution in [0.2, 0.25) is 0 Å². The van der Waals surface area contributed by atoms with Gasteiger partial charge in [0.25, 0.3) is 0 Å². The van der Waals surface area contributed by atoms with Crippen LogP contribution >= 0.6 is 0 Å². The molecule has 0 aromatic heterocycles. The average molecular weight is 373 g/mol. The molecule has 0 amide bonds. The van der Waals surface area contributed by atoms with Gasteiger partial charge in [0.2, 0.25) is 0 Å². The Labute approximate surface area is 162 Å². The van der Waals surface area contributed by atoms with Gasteiger partial charge < -0.3 is 10.2 Å². The lowest BCUT2D eigenvalue weighted by Gasteiger charge is -2.28. The van der Waals surface area contributed by atoms with Crippen molar-refractivity contribution in [2.75, 3.05) is 6.61 Å². The fourth-order valence-corrected chi connectivity index (χ4v) is 2.91. The maximum atomic E-state index is 10.7. The van der Waals surface area contributed by atoms with E-state index in [0.29, 0.717) is 25.4 Å². The fraction of sp³-hybridized carbons (Fsp3) is 0.478. The molecule has 0 saturated carbocycles. The zero-order valence-electron chi connectivity index (χ0n) is 17.3. The van der Waals surface area contributed by atoms with E-state index in [4.69, 9.17) is 9.78 Å². The molecule has 2 N–H and O–H groups in total. The van der Waals surface area contributed by atoms with Crippen LogP contribution in [0.25, 0.3) is 0 Å². The molecule has 0 aliphatic rings. The normalized spacial score (nSPS) is 12.4. The van der Waals surface area contributed by atoms with Crippen molar-refractivity contribution in [2.45, 2.75) is 65.4 Å². The highest BCUT2D eigenvalue weighted by Crippen LogP contribution is 2.39. The summed E-state index contributed by atoms with van der Waals surface area (Å²) >= 11 is 0. The summed E-state index contributed by atoms with van der Waals surface area (Å²) in [5, 5.41) is 20.0. The molecule has 2 aromatic rings. The number of hydrogen-bond donors (Lipinski definition) is 2. The number of phenols is 2. The Morgan fingerprint density at radius 3 is 1.74 bits per heavy atom. The largest absolute Gasteiger partial charge is 0.508 e. The minimum absolute atomic E-state index is 0.167. The molecule has 0 fully saturated rings. The van der Waals surface area contributed by atoms with Gasteiger partial charge >= 0.3 is 0 Å². The van der Waals surface area contributed by atoms with Crippen molar-refractivity contribution in [3.63, 3.8) is 0 Å². The van der Waals surface area contributed by atoms with E-state index in [-0.39, 0.29) is 16.6 Å². The molecule has 4 heteroatoms. The zero-order chi connectivity index (χ0) is 20.2. The van der Waals surface area contributed by atoms with E-state index in [1.807, 2.05) is 24.3 Å². The van der Waals surface area contributed by atoms with Crippen LogP contribution in [0, 0.1) is 0 Å². The predicted molar refractivity (Wildman–Crippen MR) is 108 cm³/mol. The van der Waals surface area contributed by atoms with Gasteiger partial charge in [-0.3, -0.25) is 0 Å². The Morgan fingerprint density at radius 1 is 0.741 bits per heavy atom. The highest BCUT2D eigenvalue weighted by atomic mass is 17.2. The second-order valence-electron chi connectivity index (χ2n) is 9.04. The van der Waals surface area contributed by atoms with Gasteiger partial charge in [-0.15, -0.1) is 0 Å².